The Bertz CT molecular complexity index is 742. The minimum atomic E-state index is -4.79. The van der Waals surface area contributed by atoms with Crippen molar-refractivity contribution in [2.45, 2.75) is 41.4 Å². The van der Waals surface area contributed by atoms with E-state index in [2.05, 4.69) is 50.5 Å². The van der Waals surface area contributed by atoms with Crippen LogP contribution in [0.1, 0.15) is 25.7 Å². The van der Waals surface area contributed by atoms with Gasteiger partial charge in [-0.2, -0.15) is 75.8 Å². The van der Waals surface area contributed by atoms with E-state index in [1.54, 1.807) is 0 Å². The van der Waals surface area contributed by atoms with Gasteiger partial charge in [-0.1, -0.05) is 0 Å². The summed E-state index contributed by atoms with van der Waals surface area (Å²) in [6, 6.07) is 0. The quantitative estimate of drug-likeness (QED) is 0.117. The maximum atomic E-state index is 12.1. The second kappa shape index (κ2) is 13.0. The maximum absolute atomic E-state index is 12.1. The van der Waals surface area contributed by atoms with Crippen molar-refractivity contribution in [3.63, 3.8) is 0 Å². The first-order valence-electron chi connectivity index (χ1n) is 8.45. The van der Waals surface area contributed by atoms with Gasteiger partial charge in [-0.15, -0.1) is 0 Å². The third-order valence-electron chi connectivity index (χ3n) is 4.62. The summed E-state index contributed by atoms with van der Waals surface area (Å²) in [5.41, 5.74) is 0. The van der Waals surface area contributed by atoms with Crippen molar-refractivity contribution < 1.29 is 38.9 Å². The largest absolute Gasteiger partial charge is 0.285 e. The Hall–Kier alpha value is 1.13. The van der Waals surface area contributed by atoms with Crippen LogP contribution in [0.2, 0.25) is 0 Å². The summed E-state index contributed by atoms with van der Waals surface area (Å²) in [6.07, 6.45) is -0.825. The van der Waals surface area contributed by atoms with Gasteiger partial charge in [0.25, 0.3) is 30.4 Å². The SMILES string of the molecule is O=S(=O)(O)C(CCS)CC(CS)C(C(CS)CC(CCS)S(=O)(=O)O)S(=O)(=O)O. The molecular formula is C13H28O9S7. The summed E-state index contributed by atoms with van der Waals surface area (Å²) in [6.45, 7) is 0. The van der Waals surface area contributed by atoms with Crippen LogP contribution in [0.4, 0.5) is 0 Å². The Morgan fingerprint density at radius 3 is 1.07 bits per heavy atom. The smallest absolute Gasteiger partial charge is 0.268 e. The van der Waals surface area contributed by atoms with Crippen LogP contribution >= 0.6 is 50.5 Å². The first-order chi connectivity index (χ1) is 13.1. The van der Waals surface area contributed by atoms with Crippen LogP contribution in [0, 0.1) is 11.8 Å². The molecule has 4 unspecified atom stereocenters. The lowest BCUT2D eigenvalue weighted by molar-refractivity contribution is 0.335. The van der Waals surface area contributed by atoms with E-state index in [9.17, 15) is 38.9 Å². The molecule has 0 aromatic rings. The van der Waals surface area contributed by atoms with E-state index in [-0.39, 0.29) is 48.7 Å². The molecule has 0 radical (unpaired) electrons. The molecule has 0 rings (SSSR count). The Labute approximate surface area is 195 Å². The minimum Gasteiger partial charge on any atom is -0.285 e. The summed E-state index contributed by atoms with van der Waals surface area (Å²) in [5.74, 6) is -2.23. The molecule has 0 fully saturated rings. The van der Waals surface area contributed by atoms with Crippen LogP contribution < -0.4 is 0 Å². The normalized spacial score (nSPS) is 18.7. The van der Waals surface area contributed by atoms with Crippen LogP contribution in [0.5, 0.6) is 0 Å². The van der Waals surface area contributed by atoms with Gasteiger partial charge in [0, 0.05) is 0 Å². The summed E-state index contributed by atoms with van der Waals surface area (Å²) < 4.78 is 99.5. The van der Waals surface area contributed by atoms with E-state index in [0.29, 0.717) is 0 Å². The average molecular weight is 553 g/mol. The summed E-state index contributed by atoms with van der Waals surface area (Å²) >= 11 is 16.0. The Morgan fingerprint density at radius 1 is 0.586 bits per heavy atom. The van der Waals surface area contributed by atoms with Gasteiger partial charge in [0.1, 0.15) is 0 Å². The summed E-state index contributed by atoms with van der Waals surface area (Å²) in [7, 11) is -13.8. The molecule has 0 heterocycles. The Kier molecular flexibility index (Phi) is 13.5. The molecule has 176 valence electrons. The molecule has 4 atom stereocenters. The number of rotatable bonds is 15. The van der Waals surface area contributed by atoms with Gasteiger partial charge >= 0.3 is 0 Å². The number of hydrogen-bond donors (Lipinski definition) is 7. The van der Waals surface area contributed by atoms with E-state index < -0.39 is 57.9 Å². The van der Waals surface area contributed by atoms with Crippen molar-refractivity contribution in [3.05, 3.63) is 0 Å². The molecule has 0 saturated heterocycles. The van der Waals surface area contributed by atoms with Crippen molar-refractivity contribution in [2.75, 3.05) is 23.0 Å². The van der Waals surface area contributed by atoms with Crippen molar-refractivity contribution in [2.24, 2.45) is 11.8 Å². The van der Waals surface area contributed by atoms with Gasteiger partial charge in [0.2, 0.25) is 0 Å². The van der Waals surface area contributed by atoms with Crippen molar-refractivity contribution in [1.82, 2.24) is 0 Å². The zero-order chi connectivity index (χ0) is 23.0. The predicted octanol–water partition coefficient (Wildman–Crippen LogP) is 1.27. The van der Waals surface area contributed by atoms with Crippen molar-refractivity contribution in [1.29, 1.82) is 0 Å². The molecule has 16 heteroatoms. The monoisotopic (exact) mass is 552 g/mol. The first kappa shape index (κ1) is 30.1. The van der Waals surface area contributed by atoms with Gasteiger partial charge in [0.05, 0.1) is 15.7 Å². The zero-order valence-electron chi connectivity index (χ0n) is 15.3. The minimum absolute atomic E-state index is 0.0662. The molecule has 0 aromatic heterocycles. The standard InChI is InChI=1S/C13H28O9S7/c14-27(15,16)11(1-3-23)5-9(7-25)13(29(20,21)22)10(8-26)6-12(2-4-24)28(17,18)19/h9-13,23-26H,1-8H2,(H,14,15,16)(H,17,18,19)(H,20,21,22). The van der Waals surface area contributed by atoms with E-state index in [0.717, 1.165) is 0 Å². The molecule has 0 aromatic carbocycles. The summed E-state index contributed by atoms with van der Waals surface area (Å²) in [4.78, 5) is 0. The predicted molar refractivity (Wildman–Crippen MR) is 127 cm³/mol. The fourth-order valence-electron chi connectivity index (χ4n) is 3.24. The maximum Gasteiger partial charge on any atom is 0.268 e. The molecule has 0 amide bonds. The fourth-order valence-corrected chi connectivity index (χ4v) is 8.45. The fraction of sp³-hybridized carbons (Fsp3) is 1.00. The van der Waals surface area contributed by atoms with Gasteiger partial charge in [-0.05, 0) is 60.5 Å². The molecule has 0 aliphatic rings. The van der Waals surface area contributed by atoms with E-state index in [4.69, 9.17) is 0 Å². The Balaban J connectivity index is 6.06. The van der Waals surface area contributed by atoms with Gasteiger partial charge in [0.15, 0.2) is 0 Å². The molecule has 0 aliphatic carbocycles. The van der Waals surface area contributed by atoms with E-state index >= 15 is 0 Å². The van der Waals surface area contributed by atoms with Crippen LogP contribution in [-0.2, 0) is 30.4 Å². The van der Waals surface area contributed by atoms with Crippen LogP contribution in [0.15, 0.2) is 0 Å². The highest BCUT2D eigenvalue weighted by molar-refractivity contribution is 7.87. The van der Waals surface area contributed by atoms with Crippen LogP contribution in [0.25, 0.3) is 0 Å². The number of hydrogen-bond acceptors (Lipinski definition) is 10. The zero-order valence-corrected chi connectivity index (χ0v) is 21.4. The van der Waals surface area contributed by atoms with Crippen molar-refractivity contribution in [3.8, 4) is 0 Å². The second-order valence-corrected chi connectivity index (χ2v) is 13.2. The molecule has 0 bridgehead atoms. The van der Waals surface area contributed by atoms with E-state index in [1.807, 2.05) is 0 Å². The highest BCUT2D eigenvalue weighted by atomic mass is 32.2. The van der Waals surface area contributed by atoms with Gasteiger partial charge in [-0.3, -0.25) is 13.7 Å². The topological polar surface area (TPSA) is 163 Å². The third kappa shape index (κ3) is 10.5. The van der Waals surface area contributed by atoms with Gasteiger partial charge < -0.3 is 0 Å². The van der Waals surface area contributed by atoms with E-state index in [1.165, 1.54) is 0 Å². The average Bonchev–Trinajstić information content (AvgIpc) is 2.55. The summed E-state index contributed by atoms with van der Waals surface area (Å²) in [5, 5.41) is -4.28. The highest BCUT2D eigenvalue weighted by Crippen LogP contribution is 2.33. The molecule has 29 heavy (non-hydrogen) atoms. The van der Waals surface area contributed by atoms with Crippen LogP contribution in [-0.4, -0.2) is 77.7 Å². The molecule has 0 aliphatic heterocycles. The molecule has 9 nitrogen and oxygen atoms in total. The lowest BCUT2D eigenvalue weighted by Gasteiger charge is -2.33. The molecule has 0 spiro atoms. The molecule has 3 N–H and O–H groups in total. The van der Waals surface area contributed by atoms with Crippen LogP contribution in [0.3, 0.4) is 0 Å². The first-order valence-corrected chi connectivity index (χ1v) is 15.5. The van der Waals surface area contributed by atoms with Crippen molar-refractivity contribution >= 4 is 80.9 Å². The lowest BCUT2D eigenvalue weighted by Crippen LogP contribution is -2.43. The highest BCUT2D eigenvalue weighted by Gasteiger charge is 2.42. The third-order valence-corrected chi connectivity index (χ3v) is 10.1. The second-order valence-electron chi connectivity index (χ2n) is 6.63. The molecule has 0 saturated carbocycles. The lowest BCUT2D eigenvalue weighted by atomic mass is 9.88. The Morgan fingerprint density at radius 2 is 0.897 bits per heavy atom. The number of thiol groups is 4. The molecular weight excluding hydrogens is 525 g/mol. The van der Waals surface area contributed by atoms with Gasteiger partial charge in [-0.25, -0.2) is 0 Å².